The Morgan fingerprint density at radius 2 is 1.37 bits per heavy atom. The van der Waals surface area contributed by atoms with Crippen molar-refractivity contribution >= 4 is 24.0 Å². The molecule has 1 N–H and O–H groups in total. The number of carbonyl (C=O) groups is 2. The number of nitrogens with one attached hydrogen (secondary N) is 1. The van der Waals surface area contributed by atoms with E-state index in [4.69, 9.17) is 18.9 Å². The average Bonchev–Trinajstić information content (AvgIpc) is 2.79. The Balaban J connectivity index is 2.71. The first-order valence-corrected chi connectivity index (χ1v) is 9.08. The maximum atomic E-state index is 12.6. The first kappa shape index (κ1) is 22.5. The molecule has 0 unspecified atom stereocenters. The molecule has 0 aliphatic heterocycles. The largest absolute Gasteiger partial charge is 0.493 e. The zero-order valence-corrected chi connectivity index (χ0v) is 17.6. The highest BCUT2D eigenvalue weighted by molar-refractivity contribution is 6.14. The monoisotopic (exact) mass is 411 g/mol. The van der Waals surface area contributed by atoms with Gasteiger partial charge in [0.2, 0.25) is 5.75 Å². The van der Waals surface area contributed by atoms with Gasteiger partial charge in [0, 0.05) is 7.05 Å². The van der Waals surface area contributed by atoms with Crippen LogP contribution in [-0.4, -0.2) is 47.4 Å². The number of esters is 1. The summed E-state index contributed by atoms with van der Waals surface area (Å²) in [7, 11) is 7.25. The zero-order valence-electron chi connectivity index (χ0n) is 17.6. The molecule has 0 bridgehead atoms. The third-order valence-corrected chi connectivity index (χ3v) is 4.28. The Labute approximate surface area is 175 Å². The van der Waals surface area contributed by atoms with Crippen molar-refractivity contribution < 1.29 is 28.5 Å². The Morgan fingerprint density at radius 3 is 1.83 bits per heavy atom. The fraction of sp³-hybridized carbons (Fsp3) is 0.217. The summed E-state index contributed by atoms with van der Waals surface area (Å²) in [6, 6.07) is 12.6. The number of hydrogen-bond acceptors (Lipinski definition) is 6. The lowest BCUT2D eigenvalue weighted by atomic mass is 9.99. The van der Waals surface area contributed by atoms with E-state index >= 15 is 0 Å². The molecule has 0 saturated carbocycles. The molecule has 1 amide bonds. The highest BCUT2D eigenvalue weighted by Crippen LogP contribution is 2.39. The highest BCUT2D eigenvalue weighted by Gasteiger charge is 2.22. The summed E-state index contributed by atoms with van der Waals surface area (Å²) in [6.45, 7) is 0. The van der Waals surface area contributed by atoms with Crippen LogP contribution < -0.4 is 19.5 Å². The number of methoxy groups -OCH3 is 4. The van der Waals surface area contributed by atoms with Crippen molar-refractivity contribution in [2.45, 2.75) is 0 Å². The topological polar surface area (TPSA) is 83.1 Å². The number of likely N-dealkylation sites (N-methyl/N-ethyl adjacent to an activating group) is 1. The minimum Gasteiger partial charge on any atom is -0.493 e. The van der Waals surface area contributed by atoms with Gasteiger partial charge in [0.05, 0.1) is 39.6 Å². The number of amides is 1. The molecule has 0 atom stereocenters. The molecule has 0 heterocycles. The van der Waals surface area contributed by atoms with E-state index in [2.05, 4.69) is 5.32 Å². The normalized spacial score (nSPS) is 11.5. The van der Waals surface area contributed by atoms with Crippen LogP contribution >= 0.6 is 0 Å². The molecule has 0 aromatic heterocycles. The lowest BCUT2D eigenvalue weighted by molar-refractivity contribution is -0.136. The van der Waals surface area contributed by atoms with Crippen LogP contribution in [0.3, 0.4) is 0 Å². The van der Waals surface area contributed by atoms with Crippen LogP contribution in [0.1, 0.15) is 11.1 Å². The van der Waals surface area contributed by atoms with Crippen LogP contribution in [0.15, 0.2) is 53.6 Å². The van der Waals surface area contributed by atoms with Crippen LogP contribution in [0.5, 0.6) is 17.2 Å². The number of carbonyl (C=O) groups excluding carboxylic acids is 2. The zero-order chi connectivity index (χ0) is 22.1. The molecule has 0 aliphatic carbocycles. The Kier molecular flexibility index (Phi) is 8.05. The molecule has 158 valence electrons. The number of hydrogen-bond donors (Lipinski definition) is 1. The summed E-state index contributed by atoms with van der Waals surface area (Å²) in [5.41, 5.74) is 1.56. The molecule has 0 saturated heterocycles. The fourth-order valence-corrected chi connectivity index (χ4v) is 2.82. The lowest BCUT2D eigenvalue weighted by Gasteiger charge is -2.14. The molecule has 0 fully saturated rings. The van der Waals surface area contributed by atoms with Crippen molar-refractivity contribution in [3.8, 4) is 17.2 Å². The SMILES string of the molecule is CNC(=O)C(=C/c1ccccc1)/C(=C\c1cc(OC)c(OC)c(OC)c1)C(=O)OC. The van der Waals surface area contributed by atoms with Gasteiger partial charge >= 0.3 is 5.97 Å². The summed E-state index contributed by atoms with van der Waals surface area (Å²) in [6.07, 6.45) is 3.17. The van der Waals surface area contributed by atoms with Gasteiger partial charge in [-0.3, -0.25) is 4.79 Å². The maximum absolute atomic E-state index is 12.6. The first-order valence-electron chi connectivity index (χ1n) is 9.08. The van der Waals surface area contributed by atoms with Gasteiger partial charge in [-0.2, -0.15) is 0 Å². The van der Waals surface area contributed by atoms with Crippen LogP contribution in [0.25, 0.3) is 12.2 Å². The van der Waals surface area contributed by atoms with Crippen molar-refractivity contribution in [3.05, 3.63) is 64.7 Å². The standard InChI is InChI=1S/C23H25NO6/c1-24-22(25)17(11-15-9-7-6-8-10-15)18(23(26)30-5)12-16-13-19(27-2)21(29-4)20(14-16)28-3/h6-14H,1-5H3,(H,24,25)/b17-11+,18-12+. The molecular formula is C23H25NO6. The Hall–Kier alpha value is -3.74. The van der Waals surface area contributed by atoms with Gasteiger partial charge in [0.15, 0.2) is 11.5 Å². The van der Waals surface area contributed by atoms with E-state index in [1.807, 2.05) is 30.3 Å². The summed E-state index contributed by atoms with van der Waals surface area (Å²) < 4.78 is 21.0. The Bertz CT molecular complexity index is 938. The van der Waals surface area contributed by atoms with Gasteiger partial charge in [-0.15, -0.1) is 0 Å². The maximum Gasteiger partial charge on any atom is 0.338 e. The predicted octanol–water partition coefficient (Wildman–Crippen LogP) is 3.10. The lowest BCUT2D eigenvalue weighted by Crippen LogP contribution is -2.24. The van der Waals surface area contributed by atoms with Gasteiger partial charge in [-0.25, -0.2) is 4.79 Å². The molecule has 0 spiro atoms. The van der Waals surface area contributed by atoms with Crippen LogP contribution in [0.4, 0.5) is 0 Å². The number of ether oxygens (including phenoxy) is 4. The van der Waals surface area contributed by atoms with E-state index in [1.165, 1.54) is 35.5 Å². The van der Waals surface area contributed by atoms with Gasteiger partial charge in [0.25, 0.3) is 5.91 Å². The Morgan fingerprint density at radius 1 is 0.800 bits per heavy atom. The van der Waals surface area contributed by atoms with Crippen LogP contribution in [0.2, 0.25) is 0 Å². The minimum absolute atomic E-state index is 0.0787. The molecule has 30 heavy (non-hydrogen) atoms. The van der Waals surface area contributed by atoms with E-state index in [0.717, 1.165) is 5.56 Å². The summed E-state index contributed by atoms with van der Waals surface area (Å²) >= 11 is 0. The molecule has 0 aliphatic rings. The molecule has 0 radical (unpaired) electrons. The second-order valence-corrected chi connectivity index (χ2v) is 6.06. The van der Waals surface area contributed by atoms with E-state index < -0.39 is 11.9 Å². The second-order valence-electron chi connectivity index (χ2n) is 6.06. The van der Waals surface area contributed by atoms with Gasteiger partial charge in [-0.05, 0) is 35.4 Å². The molecule has 2 rings (SSSR count). The summed E-state index contributed by atoms with van der Waals surface area (Å²) in [4.78, 5) is 25.2. The summed E-state index contributed by atoms with van der Waals surface area (Å²) in [5, 5.41) is 2.57. The van der Waals surface area contributed by atoms with Crippen molar-refractivity contribution in [2.75, 3.05) is 35.5 Å². The van der Waals surface area contributed by atoms with E-state index in [-0.39, 0.29) is 11.1 Å². The quantitative estimate of drug-likeness (QED) is 0.408. The van der Waals surface area contributed by atoms with E-state index in [1.54, 1.807) is 24.3 Å². The van der Waals surface area contributed by atoms with Gasteiger partial charge in [-0.1, -0.05) is 30.3 Å². The molecular weight excluding hydrogens is 386 g/mol. The van der Waals surface area contributed by atoms with Crippen LogP contribution in [-0.2, 0) is 14.3 Å². The molecule has 7 nitrogen and oxygen atoms in total. The van der Waals surface area contributed by atoms with Crippen molar-refractivity contribution in [3.63, 3.8) is 0 Å². The van der Waals surface area contributed by atoms with Crippen molar-refractivity contribution in [1.29, 1.82) is 0 Å². The number of benzene rings is 2. The van der Waals surface area contributed by atoms with E-state index in [0.29, 0.717) is 22.8 Å². The van der Waals surface area contributed by atoms with Crippen molar-refractivity contribution in [1.82, 2.24) is 5.32 Å². The van der Waals surface area contributed by atoms with E-state index in [9.17, 15) is 9.59 Å². The second kappa shape index (κ2) is 10.7. The van der Waals surface area contributed by atoms with Crippen molar-refractivity contribution in [2.24, 2.45) is 0 Å². The van der Waals surface area contributed by atoms with Gasteiger partial charge < -0.3 is 24.3 Å². The average molecular weight is 411 g/mol. The van der Waals surface area contributed by atoms with Gasteiger partial charge in [0.1, 0.15) is 0 Å². The third kappa shape index (κ3) is 5.20. The third-order valence-electron chi connectivity index (χ3n) is 4.28. The molecule has 7 heteroatoms. The summed E-state index contributed by atoms with van der Waals surface area (Å²) in [5.74, 6) is 0.169. The van der Waals surface area contributed by atoms with Crippen LogP contribution in [0, 0.1) is 0 Å². The predicted molar refractivity (Wildman–Crippen MR) is 115 cm³/mol. The molecule has 2 aromatic carbocycles. The highest BCUT2D eigenvalue weighted by atomic mass is 16.5. The smallest absolute Gasteiger partial charge is 0.338 e. The molecule has 2 aromatic rings. The number of rotatable bonds is 8. The fourth-order valence-electron chi connectivity index (χ4n) is 2.82. The first-order chi connectivity index (χ1) is 14.5. The minimum atomic E-state index is -0.658.